The second kappa shape index (κ2) is 14.4. The van der Waals surface area contributed by atoms with Gasteiger partial charge in [-0.25, -0.2) is 0 Å². The maximum absolute atomic E-state index is 2.63. The van der Waals surface area contributed by atoms with E-state index in [4.69, 9.17) is 0 Å². The van der Waals surface area contributed by atoms with Crippen molar-refractivity contribution in [2.75, 3.05) is 0 Å². The molecule has 0 nitrogen and oxygen atoms in total. The minimum Gasteiger partial charge on any atom is -0.135 e. The molecule has 1 heterocycles. The summed E-state index contributed by atoms with van der Waals surface area (Å²) < 4.78 is 0. The first-order valence-corrected chi connectivity index (χ1v) is 19.9. The van der Waals surface area contributed by atoms with E-state index in [1.165, 1.54) is 129 Å². The lowest BCUT2D eigenvalue weighted by Gasteiger charge is -2.33. The molecule has 8 rings (SSSR count). The van der Waals surface area contributed by atoms with Gasteiger partial charge in [-0.2, -0.15) is 0 Å². The van der Waals surface area contributed by atoms with Gasteiger partial charge in [0.15, 0.2) is 0 Å². The molecule has 1 aliphatic rings. The van der Waals surface area contributed by atoms with E-state index in [1.54, 1.807) is 11.1 Å². The van der Waals surface area contributed by atoms with Gasteiger partial charge in [-0.05, 0) is 91.5 Å². The Morgan fingerprint density at radius 3 is 1.60 bits per heavy atom. The van der Waals surface area contributed by atoms with Crippen LogP contribution in [0, 0.1) is 0 Å². The zero-order valence-electron chi connectivity index (χ0n) is 29.7. The number of benzene rings is 6. The molecule has 0 aliphatic heterocycles. The summed E-state index contributed by atoms with van der Waals surface area (Å²) in [7, 11) is 0. The topological polar surface area (TPSA) is 0 Å². The predicted octanol–water partition coefficient (Wildman–Crippen LogP) is 15.3. The van der Waals surface area contributed by atoms with Gasteiger partial charge in [0, 0.05) is 20.7 Å². The fourth-order valence-corrected chi connectivity index (χ4v) is 10.0. The summed E-state index contributed by atoms with van der Waals surface area (Å²) in [6, 6.07) is 50.6. The highest BCUT2D eigenvalue weighted by atomic mass is 32.1. The van der Waals surface area contributed by atoms with Gasteiger partial charge in [-0.1, -0.05) is 180 Å². The van der Waals surface area contributed by atoms with Crippen molar-refractivity contribution in [3.63, 3.8) is 0 Å². The summed E-state index contributed by atoms with van der Waals surface area (Å²) in [5, 5.41) is 5.33. The third-order valence-electron chi connectivity index (χ3n) is 11.3. The molecule has 0 bridgehead atoms. The average Bonchev–Trinajstić information content (AvgIpc) is 3.76. The Kier molecular flexibility index (Phi) is 9.43. The largest absolute Gasteiger partial charge is 0.135 e. The third-order valence-corrected chi connectivity index (χ3v) is 12.5. The normalized spacial score (nSPS) is 13.2. The van der Waals surface area contributed by atoms with Gasteiger partial charge in [-0.15, -0.1) is 11.3 Å². The van der Waals surface area contributed by atoms with Crippen molar-refractivity contribution in [2.24, 2.45) is 0 Å². The first-order valence-electron chi connectivity index (χ1n) is 19.1. The summed E-state index contributed by atoms with van der Waals surface area (Å²) in [5.74, 6) is 0. The van der Waals surface area contributed by atoms with Crippen LogP contribution in [0.2, 0.25) is 0 Å². The molecule has 50 heavy (non-hydrogen) atoms. The zero-order chi connectivity index (χ0) is 33.9. The Morgan fingerprint density at radius 1 is 0.420 bits per heavy atom. The Labute approximate surface area is 302 Å². The molecule has 0 saturated heterocycles. The highest BCUT2D eigenvalue weighted by Gasteiger charge is 2.42. The highest BCUT2D eigenvalue weighted by molar-refractivity contribution is 7.19. The smallest absolute Gasteiger partial charge is 0.0361 e. The van der Waals surface area contributed by atoms with Crippen molar-refractivity contribution in [3.8, 4) is 43.1 Å². The summed E-state index contributed by atoms with van der Waals surface area (Å²) >= 11 is 1.90. The van der Waals surface area contributed by atoms with Crippen LogP contribution in [0.1, 0.15) is 89.2 Å². The van der Waals surface area contributed by atoms with E-state index in [9.17, 15) is 0 Å². The molecule has 0 radical (unpaired) electrons. The SMILES string of the molecule is CCCCCCC1(CCCCCC)c2ccccc2-c2ccc(-c3c4ccccc4c(-c4ccc(-c5ccccc5)s4)c4ccccc34)cc21. The molecule has 0 N–H and O–H groups in total. The summed E-state index contributed by atoms with van der Waals surface area (Å²) in [5.41, 5.74) is 11.4. The number of thiophene rings is 1. The molecule has 0 amide bonds. The second-order valence-electron chi connectivity index (χ2n) is 14.4. The molecular formula is C49H48S. The van der Waals surface area contributed by atoms with Gasteiger partial charge >= 0.3 is 0 Å². The van der Waals surface area contributed by atoms with Crippen molar-refractivity contribution < 1.29 is 0 Å². The summed E-state index contributed by atoms with van der Waals surface area (Å²) in [4.78, 5) is 2.63. The Balaban J connectivity index is 1.32. The molecule has 1 heteroatoms. The van der Waals surface area contributed by atoms with E-state index < -0.39 is 0 Å². The minimum absolute atomic E-state index is 0.0692. The van der Waals surface area contributed by atoms with Gasteiger partial charge in [-0.3, -0.25) is 0 Å². The highest BCUT2D eigenvalue weighted by Crippen LogP contribution is 2.56. The predicted molar refractivity (Wildman–Crippen MR) is 219 cm³/mol. The van der Waals surface area contributed by atoms with Crippen molar-refractivity contribution in [1.29, 1.82) is 0 Å². The molecule has 0 fully saturated rings. The second-order valence-corrected chi connectivity index (χ2v) is 15.5. The van der Waals surface area contributed by atoms with Gasteiger partial charge in [0.25, 0.3) is 0 Å². The van der Waals surface area contributed by atoms with Crippen LogP contribution in [0.5, 0.6) is 0 Å². The number of fused-ring (bicyclic) bond motifs is 5. The minimum atomic E-state index is 0.0692. The molecule has 0 atom stereocenters. The van der Waals surface area contributed by atoms with Gasteiger partial charge in [0.05, 0.1) is 0 Å². The van der Waals surface area contributed by atoms with E-state index in [0.717, 1.165) is 0 Å². The lowest BCUT2D eigenvalue weighted by atomic mass is 9.70. The van der Waals surface area contributed by atoms with Crippen LogP contribution in [0.15, 0.2) is 133 Å². The van der Waals surface area contributed by atoms with Gasteiger partial charge in [0.1, 0.15) is 0 Å². The van der Waals surface area contributed by atoms with E-state index in [2.05, 4.69) is 147 Å². The molecule has 0 saturated carbocycles. The fourth-order valence-electron chi connectivity index (χ4n) is 8.92. The number of rotatable bonds is 13. The molecular weight excluding hydrogens is 621 g/mol. The molecule has 250 valence electrons. The van der Waals surface area contributed by atoms with Crippen LogP contribution >= 0.6 is 11.3 Å². The quantitative estimate of drug-likeness (QED) is 0.0847. The van der Waals surface area contributed by atoms with E-state index in [-0.39, 0.29) is 5.41 Å². The van der Waals surface area contributed by atoms with Crippen LogP contribution in [0.4, 0.5) is 0 Å². The molecule has 0 unspecified atom stereocenters. The first-order chi connectivity index (χ1) is 24.7. The number of unbranched alkanes of at least 4 members (excludes halogenated alkanes) is 6. The van der Waals surface area contributed by atoms with Gasteiger partial charge < -0.3 is 0 Å². The van der Waals surface area contributed by atoms with Crippen LogP contribution < -0.4 is 0 Å². The van der Waals surface area contributed by atoms with Gasteiger partial charge in [0.2, 0.25) is 0 Å². The van der Waals surface area contributed by atoms with Crippen LogP contribution in [-0.4, -0.2) is 0 Å². The molecule has 6 aromatic carbocycles. The van der Waals surface area contributed by atoms with E-state index in [1.807, 2.05) is 11.3 Å². The average molecular weight is 669 g/mol. The third kappa shape index (κ3) is 5.80. The summed E-state index contributed by atoms with van der Waals surface area (Å²) in [6.07, 6.45) is 12.9. The lowest BCUT2D eigenvalue weighted by molar-refractivity contribution is 0.401. The van der Waals surface area contributed by atoms with E-state index >= 15 is 0 Å². The summed E-state index contributed by atoms with van der Waals surface area (Å²) in [6.45, 7) is 4.65. The van der Waals surface area contributed by atoms with Crippen LogP contribution in [0.25, 0.3) is 64.7 Å². The molecule has 1 aliphatic carbocycles. The van der Waals surface area contributed by atoms with Crippen molar-refractivity contribution >= 4 is 32.9 Å². The Hall–Kier alpha value is -4.46. The molecule has 7 aromatic rings. The molecule has 1 aromatic heterocycles. The lowest BCUT2D eigenvalue weighted by Crippen LogP contribution is -2.25. The number of hydrogen-bond acceptors (Lipinski definition) is 1. The zero-order valence-corrected chi connectivity index (χ0v) is 30.5. The standard InChI is InChI=1S/C49H48S/c1-3-5-7-18-32-49(33-19-8-6-4-2)43-27-17-16-22-37(43)38-29-28-36(34-44(38)49)47-39-23-12-14-25-41(39)48(42-26-15-13-24-40(42)47)46-31-30-45(50-46)35-20-10-9-11-21-35/h9-17,20-31,34H,3-8,18-19,32-33H2,1-2H3. The van der Waals surface area contributed by atoms with Crippen LogP contribution in [-0.2, 0) is 5.41 Å². The monoisotopic (exact) mass is 668 g/mol. The van der Waals surface area contributed by atoms with Crippen molar-refractivity contribution in [2.45, 2.75) is 83.5 Å². The fraction of sp³-hybridized carbons (Fsp3) is 0.265. The first kappa shape index (κ1) is 32.7. The maximum atomic E-state index is 2.63. The Morgan fingerprint density at radius 2 is 0.960 bits per heavy atom. The number of hydrogen-bond donors (Lipinski definition) is 0. The Bertz CT molecular complexity index is 2180. The molecule has 0 spiro atoms. The van der Waals surface area contributed by atoms with Crippen LogP contribution in [0.3, 0.4) is 0 Å². The maximum Gasteiger partial charge on any atom is 0.0361 e. The van der Waals surface area contributed by atoms with Crippen molar-refractivity contribution in [1.82, 2.24) is 0 Å². The van der Waals surface area contributed by atoms with E-state index in [0.29, 0.717) is 0 Å². The van der Waals surface area contributed by atoms with Crippen molar-refractivity contribution in [3.05, 3.63) is 145 Å².